The Balaban J connectivity index is 1.72. The lowest BCUT2D eigenvalue weighted by Crippen LogP contribution is -3.14. The molecular formula is C22H29N2O3+. The van der Waals surface area contributed by atoms with Gasteiger partial charge in [-0.15, -0.1) is 0 Å². The summed E-state index contributed by atoms with van der Waals surface area (Å²) in [6.07, 6.45) is 0. The summed E-state index contributed by atoms with van der Waals surface area (Å²) < 4.78 is 10.6. The number of nitrogens with one attached hydrogen (secondary N) is 2. The highest BCUT2D eigenvalue weighted by atomic mass is 16.5. The minimum absolute atomic E-state index is 0.0233. The molecule has 5 nitrogen and oxygen atoms in total. The first-order chi connectivity index (χ1) is 13.2. The van der Waals surface area contributed by atoms with Gasteiger partial charge in [-0.1, -0.05) is 42.0 Å². The zero-order chi connectivity index (χ0) is 19.1. The normalized spacial score (nSPS) is 16.1. The third-order valence-electron chi connectivity index (χ3n) is 5.00. The average molecular weight is 369 g/mol. The van der Waals surface area contributed by atoms with E-state index in [0.29, 0.717) is 12.2 Å². The molecule has 1 fully saturated rings. The molecule has 1 aliphatic heterocycles. The van der Waals surface area contributed by atoms with Crippen LogP contribution in [0.5, 0.6) is 0 Å². The Morgan fingerprint density at radius 1 is 1.11 bits per heavy atom. The Labute approximate surface area is 161 Å². The lowest BCUT2D eigenvalue weighted by atomic mass is 10.0. The van der Waals surface area contributed by atoms with Crippen LogP contribution in [0.3, 0.4) is 0 Å². The van der Waals surface area contributed by atoms with Gasteiger partial charge in [0.2, 0.25) is 0 Å². The van der Waals surface area contributed by atoms with Gasteiger partial charge < -0.3 is 19.7 Å². The van der Waals surface area contributed by atoms with E-state index in [0.717, 1.165) is 44.0 Å². The molecule has 1 atom stereocenters. The number of methoxy groups -OCH3 is 1. The molecule has 0 radical (unpaired) electrons. The van der Waals surface area contributed by atoms with Crippen molar-refractivity contribution in [1.82, 2.24) is 5.32 Å². The molecule has 1 amide bonds. The summed E-state index contributed by atoms with van der Waals surface area (Å²) >= 11 is 0. The zero-order valence-electron chi connectivity index (χ0n) is 16.2. The highest BCUT2D eigenvalue weighted by molar-refractivity contribution is 5.94. The van der Waals surface area contributed by atoms with Gasteiger partial charge >= 0.3 is 0 Å². The molecule has 1 saturated heterocycles. The van der Waals surface area contributed by atoms with Crippen LogP contribution in [0.15, 0.2) is 48.5 Å². The summed E-state index contributed by atoms with van der Waals surface area (Å²) in [5.74, 6) is -0.0443. The molecule has 2 aromatic carbocycles. The summed E-state index contributed by atoms with van der Waals surface area (Å²) in [4.78, 5) is 14.3. The number of ether oxygens (including phenoxy) is 2. The Hall–Kier alpha value is -2.21. The number of aryl methyl sites for hydroxylation is 1. The van der Waals surface area contributed by atoms with Crippen LogP contribution in [0.2, 0.25) is 0 Å². The average Bonchev–Trinajstić information content (AvgIpc) is 2.70. The minimum atomic E-state index is -0.0443. The number of amides is 1. The number of carbonyl (C=O) groups is 1. The van der Waals surface area contributed by atoms with Gasteiger partial charge in [-0.3, -0.25) is 4.79 Å². The highest BCUT2D eigenvalue weighted by Gasteiger charge is 2.23. The molecular weight excluding hydrogens is 340 g/mol. The van der Waals surface area contributed by atoms with Crippen molar-refractivity contribution in [3.63, 3.8) is 0 Å². The SMILES string of the molecule is COCc1ccc(C(=O)N[C@H](C[NH+]2CCOCC2)c2ccc(C)cc2)cc1. The number of hydrogen-bond donors (Lipinski definition) is 2. The molecule has 5 heteroatoms. The summed E-state index contributed by atoms with van der Waals surface area (Å²) in [6.45, 7) is 7.00. The maximum atomic E-state index is 12.8. The van der Waals surface area contributed by atoms with E-state index in [1.165, 1.54) is 10.5 Å². The molecule has 1 heterocycles. The van der Waals surface area contributed by atoms with Crippen LogP contribution in [0.1, 0.15) is 33.1 Å². The fourth-order valence-corrected chi connectivity index (χ4v) is 3.36. The van der Waals surface area contributed by atoms with Crippen molar-refractivity contribution in [2.24, 2.45) is 0 Å². The molecule has 144 valence electrons. The van der Waals surface area contributed by atoms with Crippen LogP contribution in [0.4, 0.5) is 0 Å². The van der Waals surface area contributed by atoms with Crippen molar-refractivity contribution in [2.45, 2.75) is 19.6 Å². The van der Waals surface area contributed by atoms with Gasteiger partial charge in [-0.2, -0.15) is 0 Å². The van der Waals surface area contributed by atoms with Gasteiger partial charge in [0.05, 0.1) is 19.8 Å². The molecule has 3 rings (SSSR count). The van der Waals surface area contributed by atoms with E-state index in [1.54, 1.807) is 7.11 Å². The van der Waals surface area contributed by atoms with Crippen molar-refractivity contribution in [3.8, 4) is 0 Å². The van der Waals surface area contributed by atoms with Crippen molar-refractivity contribution in [3.05, 3.63) is 70.8 Å². The standard InChI is InChI=1S/C22H28N2O3/c1-17-3-7-19(8-4-17)21(15-24-11-13-27-14-12-24)23-22(25)20-9-5-18(6-10-20)16-26-2/h3-10,21H,11-16H2,1-2H3,(H,23,25)/p+1/t21-/m1/s1. The van der Waals surface area contributed by atoms with Crippen LogP contribution < -0.4 is 10.2 Å². The number of morpholine rings is 1. The third kappa shape index (κ3) is 5.63. The van der Waals surface area contributed by atoms with Gasteiger partial charge in [0, 0.05) is 12.7 Å². The number of benzene rings is 2. The molecule has 0 bridgehead atoms. The fourth-order valence-electron chi connectivity index (χ4n) is 3.36. The smallest absolute Gasteiger partial charge is 0.251 e. The lowest BCUT2D eigenvalue weighted by Gasteiger charge is -2.28. The van der Waals surface area contributed by atoms with Crippen molar-refractivity contribution in [2.75, 3.05) is 40.0 Å². The van der Waals surface area contributed by atoms with Crippen molar-refractivity contribution >= 4 is 5.91 Å². The molecule has 0 aliphatic carbocycles. The van der Waals surface area contributed by atoms with Crippen LogP contribution >= 0.6 is 0 Å². The molecule has 0 unspecified atom stereocenters. The predicted octanol–water partition coefficient (Wildman–Crippen LogP) is 1.53. The summed E-state index contributed by atoms with van der Waals surface area (Å²) in [5, 5.41) is 3.24. The maximum absolute atomic E-state index is 12.8. The van der Waals surface area contributed by atoms with Crippen molar-refractivity contribution < 1.29 is 19.2 Å². The van der Waals surface area contributed by atoms with Gasteiger partial charge in [0.15, 0.2) is 0 Å². The first-order valence-electron chi connectivity index (χ1n) is 9.52. The molecule has 0 aromatic heterocycles. The van der Waals surface area contributed by atoms with E-state index in [-0.39, 0.29) is 11.9 Å². The molecule has 2 aromatic rings. The van der Waals surface area contributed by atoms with Crippen LogP contribution in [-0.2, 0) is 16.1 Å². The lowest BCUT2D eigenvalue weighted by molar-refractivity contribution is -0.909. The van der Waals surface area contributed by atoms with E-state index in [2.05, 4.69) is 36.5 Å². The quantitative estimate of drug-likeness (QED) is 0.778. The number of rotatable bonds is 7. The van der Waals surface area contributed by atoms with Crippen molar-refractivity contribution in [1.29, 1.82) is 0 Å². The van der Waals surface area contributed by atoms with Gasteiger partial charge in [-0.25, -0.2) is 0 Å². The topological polar surface area (TPSA) is 52.0 Å². The van der Waals surface area contributed by atoms with E-state index in [4.69, 9.17) is 9.47 Å². The second-order valence-electron chi connectivity index (χ2n) is 7.13. The maximum Gasteiger partial charge on any atom is 0.251 e. The first-order valence-corrected chi connectivity index (χ1v) is 9.52. The zero-order valence-corrected chi connectivity index (χ0v) is 16.2. The summed E-state index contributed by atoms with van der Waals surface area (Å²) in [7, 11) is 1.67. The Morgan fingerprint density at radius 3 is 2.41 bits per heavy atom. The minimum Gasteiger partial charge on any atom is -0.380 e. The number of quaternary nitrogens is 1. The van der Waals surface area contributed by atoms with Gasteiger partial charge in [0.1, 0.15) is 25.7 Å². The Morgan fingerprint density at radius 2 is 1.78 bits per heavy atom. The molecule has 27 heavy (non-hydrogen) atoms. The highest BCUT2D eigenvalue weighted by Crippen LogP contribution is 2.14. The monoisotopic (exact) mass is 369 g/mol. The second-order valence-corrected chi connectivity index (χ2v) is 7.13. The molecule has 0 spiro atoms. The van der Waals surface area contributed by atoms with Crippen LogP contribution in [-0.4, -0.2) is 45.9 Å². The van der Waals surface area contributed by atoms with E-state index < -0.39 is 0 Å². The van der Waals surface area contributed by atoms with Gasteiger partial charge in [-0.05, 0) is 30.2 Å². The first kappa shape index (κ1) is 19.5. The molecule has 1 aliphatic rings. The number of hydrogen-bond acceptors (Lipinski definition) is 3. The third-order valence-corrected chi connectivity index (χ3v) is 5.00. The van der Waals surface area contributed by atoms with Crippen LogP contribution in [0.25, 0.3) is 0 Å². The van der Waals surface area contributed by atoms with E-state index in [1.807, 2.05) is 24.3 Å². The van der Waals surface area contributed by atoms with Gasteiger partial charge in [0.25, 0.3) is 5.91 Å². The number of carbonyl (C=O) groups excluding carboxylic acids is 1. The van der Waals surface area contributed by atoms with Crippen LogP contribution in [0, 0.1) is 6.92 Å². The summed E-state index contributed by atoms with van der Waals surface area (Å²) in [6, 6.07) is 16.0. The fraction of sp³-hybridized carbons (Fsp3) is 0.409. The predicted molar refractivity (Wildman–Crippen MR) is 105 cm³/mol. The Kier molecular flexibility index (Phi) is 6.98. The Bertz CT molecular complexity index is 722. The largest absolute Gasteiger partial charge is 0.380 e. The molecule has 2 N–H and O–H groups in total. The van der Waals surface area contributed by atoms with E-state index in [9.17, 15) is 4.79 Å². The second kappa shape index (κ2) is 9.65. The molecule has 0 saturated carbocycles. The summed E-state index contributed by atoms with van der Waals surface area (Å²) in [5.41, 5.74) is 4.09. The van der Waals surface area contributed by atoms with E-state index >= 15 is 0 Å².